The van der Waals surface area contributed by atoms with Crippen LogP contribution in [0.15, 0.2) is 59.5 Å². The smallest absolute Gasteiger partial charge is 0.261 e. The molecule has 0 saturated carbocycles. The van der Waals surface area contributed by atoms with Gasteiger partial charge in [-0.05, 0) is 50.3 Å². The molecule has 0 radical (unpaired) electrons. The van der Waals surface area contributed by atoms with Crippen LogP contribution in [-0.2, 0) is 10.0 Å². The zero-order valence-corrected chi connectivity index (χ0v) is 15.6. The lowest BCUT2D eigenvalue weighted by molar-refractivity contribution is 0.0763. The van der Waals surface area contributed by atoms with Crippen molar-refractivity contribution in [2.24, 2.45) is 0 Å². The van der Waals surface area contributed by atoms with Crippen LogP contribution < -0.4 is 4.72 Å². The maximum Gasteiger partial charge on any atom is 0.261 e. The number of carbonyl (C=O) groups excluding carboxylic acids is 1. The molecule has 3 rings (SSSR count). The monoisotopic (exact) mass is 373 g/mol. The molecule has 2 aromatic rings. The molecule has 6 nitrogen and oxygen atoms in total. The first kappa shape index (κ1) is 18.4. The fraction of sp³-hybridized carbons (Fsp3) is 0.316. The van der Waals surface area contributed by atoms with Gasteiger partial charge in [0.2, 0.25) is 0 Å². The van der Waals surface area contributed by atoms with Crippen LogP contribution in [-0.4, -0.2) is 57.4 Å². The molecule has 7 heteroatoms. The lowest BCUT2D eigenvalue weighted by Crippen LogP contribution is -2.34. The van der Waals surface area contributed by atoms with E-state index in [0.717, 1.165) is 19.5 Å². The molecule has 1 saturated heterocycles. The molecule has 0 atom stereocenters. The van der Waals surface area contributed by atoms with Crippen molar-refractivity contribution in [1.29, 1.82) is 0 Å². The third kappa shape index (κ3) is 4.42. The summed E-state index contributed by atoms with van der Waals surface area (Å²) < 4.78 is 27.5. The number of nitrogens with one attached hydrogen (secondary N) is 1. The third-order valence-corrected chi connectivity index (χ3v) is 5.82. The highest BCUT2D eigenvalue weighted by Crippen LogP contribution is 2.18. The molecule has 1 aliphatic rings. The van der Waals surface area contributed by atoms with E-state index in [9.17, 15) is 13.2 Å². The van der Waals surface area contributed by atoms with Gasteiger partial charge < -0.3 is 9.80 Å². The van der Waals surface area contributed by atoms with Crippen molar-refractivity contribution >= 4 is 21.6 Å². The number of amides is 1. The van der Waals surface area contributed by atoms with Gasteiger partial charge in [-0.3, -0.25) is 9.52 Å². The largest absolute Gasteiger partial charge is 0.337 e. The summed E-state index contributed by atoms with van der Waals surface area (Å²) >= 11 is 0. The van der Waals surface area contributed by atoms with Crippen molar-refractivity contribution in [3.63, 3.8) is 0 Å². The minimum Gasteiger partial charge on any atom is -0.337 e. The summed E-state index contributed by atoms with van der Waals surface area (Å²) in [5, 5.41) is 0. The van der Waals surface area contributed by atoms with Gasteiger partial charge in [0.25, 0.3) is 15.9 Å². The number of anilines is 1. The van der Waals surface area contributed by atoms with Gasteiger partial charge in [-0.2, -0.15) is 0 Å². The Hall–Kier alpha value is -2.38. The standard InChI is InChI=1S/C19H23N3O3S/c1-21-11-6-12-22(14-13-21)19(23)16-7-5-8-17(15-16)20-26(24,25)18-9-3-2-4-10-18/h2-5,7-10,15,20H,6,11-14H2,1H3. The summed E-state index contributed by atoms with van der Waals surface area (Å²) in [4.78, 5) is 17.0. The minimum absolute atomic E-state index is 0.0685. The molecule has 0 bridgehead atoms. The lowest BCUT2D eigenvalue weighted by Gasteiger charge is -2.21. The number of rotatable bonds is 4. The number of benzene rings is 2. The molecule has 138 valence electrons. The van der Waals surface area contributed by atoms with Gasteiger partial charge in [0, 0.05) is 30.9 Å². The quantitative estimate of drug-likeness (QED) is 0.893. The highest BCUT2D eigenvalue weighted by molar-refractivity contribution is 7.92. The SMILES string of the molecule is CN1CCCN(C(=O)c2cccc(NS(=O)(=O)c3ccccc3)c2)CC1. The van der Waals surface area contributed by atoms with E-state index in [-0.39, 0.29) is 10.8 Å². The fourth-order valence-electron chi connectivity index (χ4n) is 2.96. The van der Waals surface area contributed by atoms with Crippen LogP contribution in [0.2, 0.25) is 0 Å². The first-order valence-electron chi connectivity index (χ1n) is 8.61. The van der Waals surface area contributed by atoms with Gasteiger partial charge in [-0.15, -0.1) is 0 Å². The summed E-state index contributed by atoms with van der Waals surface area (Å²) in [6.45, 7) is 3.20. The number of hydrogen-bond acceptors (Lipinski definition) is 4. The third-order valence-electron chi connectivity index (χ3n) is 4.42. The molecule has 1 fully saturated rings. The second kappa shape index (κ2) is 7.88. The Morgan fingerprint density at radius 1 is 0.962 bits per heavy atom. The lowest BCUT2D eigenvalue weighted by atomic mass is 10.1. The predicted molar refractivity (Wildman–Crippen MR) is 102 cm³/mol. The van der Waals surface area contributed by atoms with E-state index in [1.54, 1.807) is 42.5 Å². The summed E-state index contributed by atoms with van der Waals surface area (Å²) in [6, 6.07) is 14.8. The van der Waals surface area contributed by atoms with E-state index in [4.69, 9.17) is 0 Å². The highest BCUT2D eigenvalue weighted by Gasteiger charge is 2.20. The molecule has 1 heterocycles. The average molecular weight is 373 g/mol. The Bertz CT molecular complexity index is 869. The van der Waals surface area contributed by atoms with Crippen LogP contribution in [0, 0.1) is 0 Å². The molecular weight excluding hydrogens is 350 g/mol. The molecule has 2 aromatic carbocycles. The number of hydrogen-bond donors (Lipinski definition) is 1. The first-order valence-corrected chi connectivity index (χ1v) is 10.1. The van der Waals surface area contributed by atoms with Gasteiger partial charge in [0.05, 0.1) is 4.90 Å². The van der Waals surface area contributed by atoms with Crippen LogP contribution in [0.25, 0.3) is 0 Å². The van der Waals surface area contributed by atoms with Crippen molar-refractivity contribution in [2.45, 2.75) is 11.3 Å². The summed E-state index contributed by atoms with van der Waals surface area (Å²) in [7, 11) is -1.63. The zero-order valence-electron chi connectivity index (χ0n) is 14.8. The van der Waals surface area contributed by atoms with Crippen LogP contribution in [0.4, 0.5) is 5.69 Å². The van der Waals surface area contributed by atoms with Crippen molar-refractivity contribution in [2.75, 3.05) is 37.9 Å². The number of nitrogens with zero attached hydrogens (tertiary/aromatic N) is 2. The maximum atomic E-state index is 12.8. The zero-order chi connectivity index (χ0) is 18.6. The van der Waals surface area contributed by atoms with Crippen LogP contribution >= 0.6 is 0 Å². The topological polar surface area (TPSA) is 69.7 Å². The van der Waals surface area contributed by atoms with Crippen LogP contribution in [0.5, 0.6) is 0 Å². The van der Waals surface area contributed by atoms with Crippen LogP contribution in [0.1, 0.15) is 16.8 Å². The Morgan fingerprint density at radius 3 is 2.50 bits per heavy atom. The Labute approximate surface area is 154 Å². The normalized spacial score (nSPS) is 16.1. The summed E-state index contributed by atoms with van der Waals surface area (Å²) in [5.41, 5.74) is 0.870. The van der Waals surface area contributed by atoms with Gasteiger partial charge in [-0.25, -0.2) is 8.42 Å². The van der Waals surface area contributed by atoms with E-state index >= 15 is 0 Å². The molecule has 26 heavy (non-hydrogen) atoms. The van der Waals surface area contributed by atoms with Gasteiger partial charge in [-0.1, -0.05) is 24.3 Å². The molecule has 0 unspecified atom stereocenters. The van der Waals surface area contributed by atoms with Gasteiger partial charge >= 0.3 is 0 Å². The highest BCUT2D eigenvalue weighted by atomic mass is 32.2. The van der Waals surface area contributed by atoms with Crippen molar-refractivity contribution in [1.82, 2.24) is 9.80 Å². The summed E-state index contributed by atoms with van der Waals surface area (Å²) in [6.07, 6.45) is 0.933. The molecular formula is C19H23N3O3S. The Balaban J connectivity index is 1.77. The predicted octanol–water partition coefficient (Wildman–Crippen LogP) is 2.27. The molecule has 1 N–H and O–H groups in total. The molecule has 0 aromatic heterocycles. The van der Waals surface area contributed by atoms with E-state index in [1.165, 1.54) is 12.1 Å². The van der Waals surface area contributed by atoms with E-state index in [1.807, 2.05) is 11.9 Å². The van der Waals surface area contributed by atoms with Crippen molar-refractivity contribution < 1.29 is 13.2 Å². The van der Waals surface area contributed by atoms with E-state index in [0.29, 0.717) is 24.3 Å². The van der Waals surface area contributed by atoms with E-state index in [2.05, 4.69) is 9.62 Å². The molecule has 1 aliphatic heterocycles. The second-order valence-corrected chi connectivity index (χ2v) is 8.13. The molecule has 0 aliphatic carbocycles. The van der Waals surface area contributed by atoms with Crippen molar-refractivity contribution in [3.05, 3.63) is 60.2 Å². The van der Waals surface area contributed by atoms with Gasteiger partial charge in [0.1, 0.15) is 0 Å². The Kier molecular flexibility index (Phi) is 5.58. The summed E-state index contributed by atoms with van der Waals surface area (Å²) in [5.74, 6) is -0.0685. The Morgan fingerprint density at radius 2 is 1.73 bits per heavy atom. The maximum absolute atomic E-state index is 12.8. The first-order chi connectivity index (χ1) is 12.5. The number of sulfonamides is 1. The second-order valence-electron chi connectivity index (χ2n) is 6.45. The average Bonchev–Trinajstić information content (AvgIpc) is 2.86. The van der Waals surface area contributed by atoms with Crippen LogP contribution in [0.3, 0.4) is 0 Å². The van der Waals surface area contributed by atoms with Crippen molar-refractivity contribution in [3.8, 4) is 0 Å². The fourth-order valence-corrected chi connectivity index (χ4v) is 4.03. The molecule has 0 spiro atoms. The van der Waals surface area contributed by atoms with Gasteiger partial charge in [0.15, 0.2) is 0 Å². The number of carbonyl (C=O) groups is 1. The van der Waals surface area contributed by atoms with E-state index < -0.39 is 10.0 Å². The number of likely N-dealkylation sites (N-methyl/N-ethyl adjacent to an activating group) is 1. The molecule has 1 amide bonds. The minimum atomic E-state index is -3.68.